The average Bonchev–Trinajstić information content (AvgIpc) is 3.83. The van der Waals surface area contributed by atoms with Crippen molar-refractivity contribution >= 4 is 49.0 Å². The van der Waals surface area contributed by atoms with Crippen LogP contribution in [0.1, 0.15) is 59.7 Å². The molecule has 18 heteroatoms. The summed E-state index contributed by atoms with van der Waals surface area (Å²) < 4.78 is 99.0. The maximum atomic E-state index is 17.4. The van der Waals surface area contributed by atoms with E-state index in [-0.39, 0.29) is 52.5 Å². The van der Waals surface area contributed by atoms with Crippen molar-refractivity contribution in [3.8, 4) is 29.0 Å². The molecule has 11 nitrogen and oxygen atoms in total. The molecule has 0 aliphatic carbocycles. The Morgan fingerprint density at radius 1 is 1.12 bits per heavy atom. The van der Waals surface area contributed by atoms with Gasteiger partial charge in [-0.3, -0.25) is 9.88 Å². The number of phenols is 1. The number of phenolic OH excluding ortho intramolecular Hbond substituents is 1. The molecule has 4 aromatic heterocycles. The summed E-state index contributed by atoms with van der Waals surface area (Å²) in [6.45, 7) is 2.55. The highest BCUT2D eigenvalue weighted by atomic mass is 32.1. The maximum Gasteiger partial charge on any atom is 0.420 e. The van der Waals surface area contributed by atoms with Gasteiger partial charge in [-0.2, -0.15) is 28.4 Å². The fourth-order valence-corrected chi connectivity index (χ4v) is 9.38. The molecule has 2 aliphatic rings. The number of alkyl halides is 4. The monoisotopic (exact) mass is 819 g/mol. The third-order valence-electron chi connectivity index (χ3n) is 11.1. The van der Waals surface area contributed by atoms with Crippen LogP contribution in [0, 0.1) is 29.9 Å². The van der Waals surface area contributed by atoms with Gasteiger partial charge in [0, 0.05) is 47.6 Å². The number of nitriles is 1. The van der Waals surface area contributed by atoms with Crippen LogP contribution in [0.3, 0.4) is 0 Å². The predicted octanol–water partition coefficient (Wildman–Crippen LogP) is 8.39. The Bertz CT molecular complexity index is 2630. The Morgan fingerprint density at radius 3 is 2.64 bits per heavy atom. The number of hydrogen-bond donors (Lipinski definition) is 4. The summed E-state index contributed by atoms with van der Waals surface area (Å²) in [5.74, 6) is -4.24. The van der Waals surface area contributed by atoms with E-state index in [1.165, 1.54) is 6.20 Å². The third kappa shape index (κ3) is 6.71. The number of aromatic nitrogens is 4. The summed E-state index contributed by atoms with van der Waals surface area (Å²) in [6, 6.07) is 9.12. The van der Waals surface area contributed by atoms with Crippen LogP contribution < -0.4 is 21.5 Å². The van der Waals surface area contributed by atoms with Gasteiger partial charge in [-0.15, -0.1) is 11.3 Å². The van der Waals surface area contributed by atoms with Gasteiger partial charge in [-0.05, 0) is 68.5 Å². The van der Waals surface area contributed by atoms with Crippen LogP contribution in [0.2, 0.25) is 0 Å². The standard InChI is InChI=1S/C40H35F6N9O2S/c1-19-20(5-2-12-50-19)7-10-26(22-6-3-13-51-35(22)48)52-37-29-32(53-38(54-37)57-18-39-11-4-14-55(39)17-21(41)15-39)31(43)28(30(33(29)56)40(44,45)46)23-8-9-25(42)34-27(23)24(16-47)36(49)58-34/h2-3,5-6,8-9,12-13,21,26,56H,4,7,10-11,14-15,17-18,49H2,1H3,(H2,48,51)(H,52,53,54)/t21-,26-,39+/m1/s1. The smallest absolute Gasteiger partial charge is 0.420 e. The Hall–Kier alpha value is -5.93. The molecule has 6 aromatic rings. The number of nitrogens with two attached hydrogens (primary N) is 2. The van der Waals surface area contributed by atoms with Crippen molar-refractivity contribution in [2.75, 3.05) is 36.5 Å². The van der Waals surface area contributed by atoms with Crippen molar-refractivity contribution in [3.05, 3.63) is 88.4 Å². The van der Waals surface area contributed by atoms with Gasteiger partial charge in [-0.1, -0.05) is 18.2 Å². The van der Waals surface area contributed by atoms with Gasteiger partial charge >= 0.3 is 12.2 Å². The van der Waals surface area contributed by atoms with Crippen LogP contribution in [-0.2, 0) is 12.6 Å². The number of aromatic hydroxyl groups is 1. The number of rotatable bonds is 10. The van der Waals surface area contributed by atoms with Crippen LogP contribution in [-0.4, -0.2) is 61.3 Å². The Kier molecular flexibility index (Phi) is 9.92. The highest BCUT2D eigenvalue weighted by Gasteiger charge is 2.49. The van der Waals surface area contributed by atoms with Gasteiger partial charge < -0.3 is 26.6 Å². The van der Waals surface area contributed by atoms with Gasteiger partial charge in [0.1, 0.15) is 58.1 Å². The number of nitrogens with zero attached hydrogens (tertiary/aromatic N) is 6. The quantitative estimate of drug-likeness (QED) is 0.0979. The summed E-state index contributed by atoms with van der Waals surface area (Å²) in [7, 11) is 0. The number of anilines is 3. The molecule has 0 radical (unpaired) electrons. The van der Waals surface area contributed by atoms with E-state index in [1.54, 1.807) is 30.5 Å². The molecule has 300 valence electrons. The number of nitrogen functional groups attached to an aromatic ring is 2. The first-order valence-electron chi connectivity index (χ1n) is 18.3. The molecule has 3 atom stereocenters. The molecular weight excluding hydrogens is 785 g/mol. The molecule has 2 aromatic carbocycles. The first kappa shape index (κ1) is 38.9. The second-order valence-corrected chi connectivity index (χ2v) is 15.6. The zero-order valence-electron chi connectivity index (χ0n) is 30.8. The zero-order valence-corrected chi connectivity index (χ0v) is 31.6. The van der Waals surface area contributed by atoms with Crippen LogP contribution >= 0.6 is 11.3 Å². The lowest BCUT2D eigenvalue weighted by Gasteiger charge is -2.31. The highest BCUT2D eigenvalue weighted by molar-refractivity contribution is 7.23. The molecule has 2 aliphatic heterocycles. The molecular formula is C40H35F6N9O2S. The van der Waals surface area contributed by atoms with Crippen LogP contribution in [0.25, 0.3) is 32.1 Å². The topological polar surface area (TPSA) is 172 Å². The summed E-state index contributed by atoms with van der Waals surface area (Å²) in [4.78, 5) is 19.2. The van der Waals surface area contributed by atoms with Crippen molar-refractivity contribution in [1.29, 1.82) is 5.26 Å². The number of ether oxygens (including phenoxy) is 1. The third-order valence-corrected chi connectivity index (χ3v) is 12.2. The molecule has 0 bridgehead atoms. The molecule has 0 spiro atoms. The van der Waals surface area contributed by atoms with Crippen LogP contribution in [0.15, 0.2) is 48.8 Å². The van der Waals surface area contributed by atoms with Crippen molar-refractivity contribution in [3.63, 3.8) is 0 Å². The normalized spacial score (nSPS) is 18.8. The summed E-state index contributed by atoms with van der Waals surface area (Å²) >= 11 is 0.615. The van der Waals surface area contributed by atoms with Gasteiger partial charge in [0.2, 0.25) is 0 Å². The Balaban J connectivity index is 1.36. The van der Waals surface area contributed by atoms with Crippen molar-refractivity contribution in [2.45, 2.75) is 63.0 Å². The van der Waals surface area contributed by atoms with Gasteiger partial charge in [-0.25, -0.2) is 18.2 Å². The Labute approximate surface area is 331 Å². The first-order chi connectivity index (χ1) is 27.7. The molecule has 8 rings (SSSR count). The SMILES string of the molecule is Cc1ncccc1CC[C@@H](Nc1nc(OC[C@@]23CCCN2C[C@H](F)C3)nc2c(F)c(-c3ccc(F)c4sc(N)c(C#N)c34)c(C(F)(F)F)c(O)c12)c1cccnc1N. The van der Waals surface area contributed by atoms with E-state index in [0.29, 0.717) is 36.3 Å². The van der Waals surface area contributed by atoms with E-state index in [0.717, 1.165) is 29.8 Å². The van der Waals surface area contributed by atoms with E-state index in [9.17, 15) is 14.8 Å². The summed E-state index contributed by atoms with van der Waals surface area (Å²) in [5.41, 5.74) is 8.94. The number of aryl methyl sites for hydroxylation is 2. The molecule has 0 amide bonds. The average molecular weight is 820 g/mol. The molecule has 0 unspecified atom stereocenters. The number of fused-ring (bicyclic) bond motifs is 3. The van der Waals surface area contributed by atoms with E-state index in [2.05, 4.69) is 25.3 Å². The number of nitrogens with one attached hydrogen (secondary N) is 1. The van der Waals surface area contributed by atoms with E-state index < -0.39 is 80.7 Å². The van der Waals surface area contributed by atoms with Crippen molar-refractivity contribution in [2.24, 2.45) is 0 Å². The predicted molar refractivity (Wildman–Crippen MR) is 207 cm³/mol. The summed E-state index contributed by atoms with van der Waals surface area (Å²) in [6.07, 6.45) is -1.23. The Morgan fingerprint density at radius 2 is 1.90 bits per heavy atom. The number of thiophene rings is 1. The fraction of sp³-hybridized carbons (Fsp3) is 0.325. The second-order valence-electron chi connectivity index (χ2n) is 14.6. The molecule has 6 heterocycles. The minimum atomic E-state index is -5.42. The lowest BCUT2D eigenvalue weighted by atomic mass is 9.91. The van der Waals surface area contributed by atoms with E-state index >= 15 is 22.0 Å². The zero-order chi connectivity index (χ0) is 41.1. The minimum Gasteiger partial charge on any atom is -0.506 e. The molecule has 0 saturated carbocycles. The molecule has 2 fully saturated rings. The largest absolute Gasteiger partial charge is 0.506 e. The van der Waals surface area contributed by atoms with Crippen LogP contribution in [0.4, 0.5) is 43.0 Å². The lowest BCUT2D eigenvalue weighted by molar-refractivity contribution is -0.138. The number of pyridine rings is 2. The number of hydrogen-bond acceptors (Lipinski definition) is 12. The maximum absolute atomic E-state index is 17.4. The first-order valence-corrected chi connectivity index (χ1v) is 19.2. The number of benzene rings is 2. The summed E-state index contributed by atoms with van der Waals surface area (Å²) in [5, 5.41) is 23.6. The van der Waals surface area contributed by atoms with Gasteiger partial charge in [0.15, 0.2) is 5.82 Å². The fourth-order valence-electron chi connectivity index (χ4n) is 8.43. The van der Waals surface area contributed by atoms with Crippen molar-refractivity contribution < 1.29 is 36.2 Å². The van der Waals surface area contributed by atoms with E-state index in [1.807, 2.05) is 17.9 Å². The number of halogens is 6. The molecule has 2 saturated heterocycles. The lowest BCUT2D eigenvalue weighted by Crippen LogP contribution is -2.43. The van der Waals surface area contributed by atoms with E-state index in [4.69, 9.17) is 16.2 Å². The molecule has 58 heavy (non-hydrogen) atoms. The second kappa shape index (κ2) is 14.8. The van der Waals surface area contributed by atoms with Crippen molar-refractivity contribution in [1.82, 2.24) is 24.8 Å². The van der Waals surface area contributed by atoms with Gasteiger partial charge in [0.05, 0.1) is 27.2 Å². The minimum absolute atomic E-state index is 0.0949. The highest BCUT2D eigenvalue weighted by Crippen LogP contribution is 2.52. The van der Waals surface area contributed by atoms with Crippen LogP contribution in [0.5, 0.6) is 11.8 Å². The molecule has 6 N–H and O–H groups in total. The van der Waals surface area contributed by atoms with Gasteiger partial charge in [0.25, 0.3) is 0 Å².